The van der Waals surface area contributed by atoms with Crippen LogP contribution in [0.2, 0.25) is 0 Å². The number of carbonyl (C=O) groups excluding carboxylic acids is 1. The van der Waals surface area contributed by atoms with E-state index in [1.54, 1.807) is 13.2 Å². The summed E-state index contributed by atoms with van der Waals surface area (Å²) in [6.45, 7) is 3.76. The molecule has 1 unspecified atom stereocenters. The van der Waals surface area contributed by atoms with Crippen molar-refractivity contribution in [3.8, 4) is 11.5 Å². The van der Waals surface area contributed by atoms with E-state index in [1.807, 2.05) is 36.4 Å². The first-order chi connectivity index (χ1) is 13.8. The topological polar surface area (TPSA) is 60.0 Å². The van der Waals surface area contributed by atoms with Crippen LogP contribution in [0.25, 0.3) is 0 Å². The summed E-state index contributed by atoms with van der Waals surface area (Å²) in [5.74, 6) is 1.04. The molecule has 0 spiro atoms. The lowest BCUT2D eigenvalue weighted by Crippen LogP contribution is -2.50. The van der Waals surface area contributed by atoms with Gasteiger partial charge in [-0.3, -0.25) is 9.69 Å². The Morgan fingerprint density at radius 1 is 1.07 bits per heavy atom. The Balaban J connectivity index is 1.53. The predicted molar refractivity (Wildman–Crippen MR) is 108 cm³/mol. The Labute approximate surface area is 166 Å². The first-order valence-electron chi connectivity index (χ1n) is 9.64. The second-order valence-electron chi connectivity index (χ2n) is 6.74. The number of para-hydroxylation sites is 2. The number of nitrogens with one attached hydrogen (secondary N) is 1. The van der Waals surface area contributed by atoms with Crippen LogP contribution in [0.3, 0.4) is 0 Å². The van der Waals surface area contributed by atoms with Gasteiger partial charge in [-0.25, -0.2) is 0 Å². The molecule has 1 N–H and O–H groups in total. The third-order valence-electron chi connectivity index (χ3n) is 4.84. The number of hydrogen-bond donors (Lipinski definition) is 1. The van der Waals surface area contributed by atoms with Crippen molar-refractivity contribution in [2.24, 2.45) is 0 Å². The highest BCUT2D eigenvalue weighted by molar-refractivity contribution is 5.77. The van der Waals surface area contributed by atoms with Crippen molar-refractivity contribution in [2.75, 3.05) is 46.6 Å². The number of hydrogen-bond acceptors (Lipinski definition) is 5. The summed E-state index contributed by atoms with van der Waals surface area (Å²) in [6.07, 6.45) is 0.883. The standard InChI is InChI=1S/C22H28N2O4/c1-26-20-9-5-6-10-21(20)28-17-22(25)23-16-19(24-11-13-27-14-12-24)15-18-7-3-2-4-8-18/h2-10,19H,11-17H2,1H3,(H,23,25). The zero-order valence-electron chi connectivity index (χ0n) is 16.3. The van der Waals surface area contributed by atoms with E-state index in [0.717, 1.165) is 32.7 Å². The summed E-state index contributed by atoms with van der Waals surface area (Å²) >= 11 is 0. The van der Waals surface area contributed by atoms with E-state index < -0.39 is 0 Å². The summed E-state index contributed by atoms with van der Waals surface area (Å²) in [4.78, 5) is 14.7. The van der Waals surface area contributed by atoms with Gasteiger partial charge in [-0.2, -0.15) is 0 Å². The van der Waals surface area contributed by atoms with Gasteiger partial charge in [-0.15, -0.1) is 0 Å². The van der Waals surface area contributed by atoms with Crippen molar-refractivity contribution in [3.63, 3.8) is 0 Å². The fourth-order valence-electron chi connectivity index (χ4n) is 3.32. The van der Waals surface area contributed by atoms with Crippen LogP contribution >= 0.6 is 0 Å². The maximum atomic E-state index is 12.3. The van der Waals surface area contributed by atoms with Crippen LogP contribution in [0.1, 0.15) is 5.56 Å². The van der Waals surface area contributed by atoms with Crippen LogP contribution in [0, 0.1) is 0 Å². The molecule has 0 aromatic heterocycles. The molecule has 1 heterocycles. The molecule has 28 heavy (non-hydrogen) atoms. The highest BCUT2D eigenvalue weighted by Gasteiger charge is 2.22. The number of nitrogens with zero attached hydrogens (tertiary/aromatic N) is 1. The molecule has 1 aliphatic heterocycles. The normalized spacial score (nSPS) is 15.6. The van der Waals surface area contributed by atoms with Crippen LogP contribution in [-0.4, -0.2) is 63.4 Å². The Hall–Kier alpha value is -2.57. The van der Waals surface area contributed by atoms with Crippen LogP contribution in [0.4, 0.5) is 0 Å². The van der Waals surface area contributed by atoms with Gasteiger partial charge in [-0.1, -0.05) is 42.5 Å². The van der Waals surface area contributed by atoms with Crippen molar-refractivity contribution < 1.29 is 19.0 Å². The minimum atomic E-state index is -0.141. The molecule has 6 nitrogen and oxygen atoms in total. The van der Waals surface area contributed by atoms with E-state index in [2.05, 4.69) is 22.3 Å². The second kappa shape index (κ2) is 10.7. The third kappa shape index (κ3) is 5.97. The molecule has 150 valence electrons. The Bertz CT molecular complexity index is 732. The van der Waals surface area contributed by atoms with Crippen molar-refractivity contribution in [3.05, 3.63) is 60.2 Å². The minimum absolute atomic E-state index is 0.0401. The summed E-state index contributed by atoms with van der Waals surface area (Å²) in [7, 11) is 1.58. The molecule has 0 bridgehead atoms. The summed E-state index contributed by atoms with van der Waals surface area (Å²) in [6, 6.07) is 17.9. The molecule has 0 aliphatic carbocycles. The lowest BCUT2D eigenvalue weighted by Gasteiger charge is -2.34. The number of morpholine rings is 1. The molecule has 6 heteroatoms. The fraction of sp³-hybridized carbons (Fsp3) is 0.409. The van der Waals surface area contributed by atoms with E-state index in [-0.39, 0.29) is 18.6 Å². The van der Waals surface area contributed by atoms with Gasteiger partial charge in [0.2, 0.25) is 0 Å². The molecular formula is C22H28N2O4. The Kier molecular flexibility index (Phi) is 7.70. The number of ether oxygens (including phenoxy) is 3. The highest BCUT2D eigenvalue weighted by Crippen LogP contribution is 2.25. The molecule has 3 rings (SSSR count). The maximum absolute atomic E-state index is 12.3. The molecule has 0 radical (unpaired) electrons. The number of carbonyl (C=O) groups is 1. The van der Waals surface area contributed by atoms with Crippen LogP contribution < -0.4 is 14.8 Å². The first-order valence-corrected chi connectivity index (χ1v) is 9.64. The Morgan fingerprint density at radius 3 is 2.46 bits per heavy atom. The molecule has 1 fully saturated rings. The van der Waals surface area contributed by atoms with Gasteiger partial charge in [0, 0.05) is 25.7 Å². The van der Waals surface area contributed by atoms with Crippen LogP contribution in [-0.2, 0) is 16.0 Å². The summed E-state index contributed by atoms with van der Waals surface area (Å²) in [5.41, 5.74) is 1.26. The van der Waals surface area contributed by atoms with Gasteiger partial charge in [0.25, 0.3) is 5.91 Å². The molecule has 2 aromatic rings. The predicted octanol–water partition coefficient (Wildman–Crippen LogP) is 2.13. The molecule has 1 aliphatic rings. The smallest absolute Gasteiger partial charge is 0.257 e. The third-order valence-corrected chi connectivity index (χ3v) is 4.84. The first kappa shape index (κ1) is 20.2. The van der Waals surface area contributed by atoms with E-state index in [4.69, 9.17) is 14.2 Å². The summed E-state index contributed by atoms with van der Waals surface area (Å²) in [5, 5.41) is 3.02. The second-order valence-corrected chi connectivity index (χ2v) is 6.74. The SMILES string of the molecule is COc1ccccc1OCC(=O)NCC(Cc1ccccc1)N1CCOCC1. The average molecular weight is 384 g/mol. The van der Waals surface area contributed by atoms with Crippen molar-refractivity contribution in [1.82, 2.24) is 10.2 Å². The van der Waals surface area contributed by atoms with Crippen molar-refractivity contribution in [1.29, 1.82) is 0 Å². The molecule has 1 saturated heterocycles. The quantitative estimate of drug-likeness (QED) is 0.718. The summed E-state index contributed by atoms with van der Waals surface area (Å²) < 4.78 is 16.3. The number of benzene rings is 2. The van der Waals surface area contributed by atoms with Gasteiger partial charge in [0.1, 0.15) is 0 Å². The number of amides is 1. The molecule has 1 amide bonds. The lowest BCUT2D eigenvalue weighted by molar-refractivity contribution is -0.123. The number of methoxy groups -OCH3 is 1. The van der Waals surface area contributed by atoms with E-state index in [9.17, 15) is 4.79 Å². The molecule has 0 saturated carbocycles. The maximum Gasteiger partial charge on any atom is 0.257 e. The monoisotopic (exact) mass is 384 g/mol. The zero-order chi connectivity index (χ0) is 19.6. The van der Waals surface area contributed by atoms with Crippen LogP contribution in [0.15, 0.2) is 54.6 Å². The van der Waals surface area contributed by atoms with E-state index in [0.29, 0.717) is 18.0 Å². The Morgan fingerprint density at radius 2 is 1.75 bits per heavy atom. The van der Waals surface area contributed by atoms with Gasteiger partial charge in [-0.05, 0) is 24.1 Å². The molecule has 1 atom stereocenters. The van der Waals surface area contributed by atoms with E-state index in [1.165, 1.54) is 5.56 Å². The zero-order valence-corrected chi connectivity index (χ0v) is 16.3. The highest BCUT2D eigenvalue weighted by atomic mass is 16.5. The van der Waals surface area contributed by atoms with Gasteiger partial charge < -0.3 is 19.5 Å². The van der Waals surface area contributed by atoms with Crippen molar-refractivity contribution in [2.45, 2.75) is 12.5 Å². The molecule has 2 aromatic carbocycles. The number of rotatable bonds is 9. The minimum Gasteiger partial charge on any atom is -0.493 e. The lowest BCUT2D eigenvalue weighted by atomic mass is 10.0. The van der Waals surface area contributed by atoms with E-state index >= 15 is 0 Å². The van der Waals surface area contributed by atoms with Crippen molar-refractivity contribution >= 4 is 5.91 Å². The van der Waals surface area contributed by atoms with Crippen LogP contribution in [0.5, 0.6) is 11.5 Å². The fourth-order valence-corrected chi connectivity index (χ4v) is 3.32. The van der Waals surface area contributed by atoms with Gasteiger partial charge in [0.05, 0.1) is 20.3 Å². The average Bonchev–Trinajstić information content (AvgIpc) is 2.76. The molecular weight excluding hydrogens is 356 g/mol. The van der Waals surface area contributed by atoms with Gasteiger partial charge in [0.15, 0.2) is 18.1 Å². The van der Waals surface area contributed by atoms with Gasteiger partial charge >= 0.3 is 0 Å². The largest absolute Gasteiger partial charge is 0.493 e.